The van der Waals surface area contributed by atoms with Crippen LogP contribution in [0.3, 0.4) is 0 Å². The standard InChI is InChI=1S/C22H33BrO4/c1-15(7-8-17-12-22(3,20(24)27-17)26-14-25-4)18-9-10-19-16(13-23)6-5-11-21(18,19)2/h12-13,15,18-19H,5-11,14H2,1-4H3/t15-,18-,19?,21-,22+/m1/s1. The summed E-state index contributed by atoms with van der Waals surface area (Å²) in [5.41, 5.74) is 1.00. The van der Waals surface area contributed by atoms with Gasteiger partial charge in [0.25, 0.3) is 0 Å². The van der Waals surface area contributed by atoms with E-state index in [1.807, 2.05) is 6.08 Å². The Bertz CT molecular complexity index is 628. The summed E-state index contributed by atoms with van der Waals surface area (Å²) in [6.07, 6.45) is 10.1. The zero-order valence-electron chi connectivity index (χ0n) is 17.1. The number of hydrogen-bond donors (Lipinski definition) is 0. The topological polar surface area (TPSA) is 44.8 Å². The predicted molar refractivity (Wildman–Crippen MR) is 109 cm³/mol. The maximum Gasteiger partial charge on any atom is 0.347 e. The molecule has 152 valence electrons. The third-order valence-corrected chi connectivity index (χ3v) is 7.84. The summed E-state index contributed by atoms with van der Waals surface area (Å²) in [5, 5.41) is 0. The van der Waals surface area contributed by atoms with Crippen LogP contribution in [0.1, 0.15) is 65.7 Å². The molecule has 3 aliphatic rings. The van der Waals surface area contributed by atoms with E-state index in [0.29, 0.717) is 11.3 Å². The monoisotopic (exact) mass is 440 g/mol. The van der Waals surface area contributed by atoms with Crippen molar-refractivity contribution < 1.29 is 19.0 Å². The molecule has 0 aromatic carbocycles. The number of methoxy groups -OCH3 is 1. The minimum Gasteiger partial charge on any atom is -0.429 e. The number of rotatable bonds is 7. The molecule has 2 fully saturated rings. The number of allylic oxidation sites excluding steroid dienone is 2. The Morgan fingerprint density at radius 2 is 2.19 bits per heavy atom. The fourth-order valence-electron chi connectivity index (χ4n) is 5.74. The van der Waals surface area contributed by atoms with Crippen molar-refractivity contribution in [2.75, 3.05) is 13.9 Å². The highest BCUT2D eigenvalue weighted by molar-refractivity contribution is 9.11. The van der Waals surface area contributed by atoms with Gasteiger partial charge in [-0.25, -0.2) is 4.79 Å². The first kappa shape index (κ1) is 21.1. The first-order valence-corrected chi connectivity index (χ1v) is 11.1. The lowest BCUT2D eigenvalue weighted by Crippen LogP contribution is -2.35. The molecule has 27 heavy (non-hydrogen) atoms. The predicted octanol–water partition coefficient (Wildman–Crippen LogP) is 5.72. The Morgan fingerprint density at radius 3 is 2.89 bits per heavy atom. The van der Waals surface area contributed by atoms with Crippen LogP contribution in [0.4, 0.5) is 0 Å². The van der Waals surface area contributed by atoms with Gasteiger partial charge in [-0.05, 0) is 79.7 Å². The summed E-state index contributed by atoms with van der Waals surface area (Å²) in [4.78, 5) is 14.3. The maximum absolute atomic E-state index is 12.2. The Balaban J connectivity index is 1.61. The lowest BCUT2D eigenvalue weighted by molar-refractivity contribution is -0.166. The molecule has 5 heteroatoms. The summed E-state index contributed by atoms with van der Waals surface area (Å²) in [7, 11) is 1.55. The van der Waals surface area contributed by atoms with Crippen LogP contribution < -0.4 is 0 Å². The summed E-state index contributed by atoms with van der Waals surface area (Å²) < 4.78 is 15.9. The first-order valence-electron chi connectivity index (χ1n) is 10.2. The van der Waals surface area contributed by atoms with E-state index in [1.54, 1.807) is 19.6 Å². The summed E-state index contributed by atoms with van der Waals surface area (Å²) in [5.74, 6) is 2.48. The van der Waals surface area contributed by atoms with Gasteiger partial charge in [-0.1, -0.05) is 35.4 Å². The molecule has 3 rings (SSSR count). The van der Waals surface area contributed by atoms with Gasteiger partial charge in [0.2, 0.25) is 0 Å². The van der Waals surface area contributed by atoms with Crippen LogP contribution in [0.25, 0.3) is 0 Å². The average molecular weight is 441 g/mol. The molecule has 1 aliphatic heterocycles. The highest BCUT2D eigenvalue weighted by atomic mass is 79.9. The fourth-order valence-corrected chi connectivity index (χ4v) is 6.29. The Hall–Kier alpha value is -0.650. The van der Waals surface area contributed by atoms with Crippen LogP contribution in [0.15, 0.2) is 22.4 Å². The lowest BCUT2D eigenvalue weighted by atomic mass is 9.61. The van der Waals surface area contributed by atoms with Gasteiger partial charge in [0, 0.05) is 13.5 Å². The number of carbonyl (C=O) groups is 1. The van der Waals surface area contributed by atoms with Crippen molar-refractivity contribution in [3.05, 3.63) is 22.4 Å². The van der Waals surface area contributed by atoms with E-state index in [1.165, 1.54) is 32.1 Å². The van der Waals surface area contributed by atoms with Crippen LogP contribution in [0.5, 0.6) is 0 Å². The van der Waals surface area contributed by atoms with Gasteiger partial charge >= 0.3 is 5.97 Å². The molecule has 0 spiro atoms. The molecule has 0 bridgehead atoms. The Labute approximate surface area is 171 Å². The molecule has 0 N–H and O–H groups in total. The summed E-state index contributed by atoms with van der Waals surface area (Å²) in [6, 6.07) is 0. The van der Waals surface area contributed by atoms with Crippen LogP contribution in [-0.2, 0) is 19.0 Å². The van der Waals surface area contributed by atoms with E-state index >= 15 is 0 Å². The second kappa shape index (κ2) is 8.38. The number of ether oxygens (including phenoxy) is 3. The number of carbonyl (C=O) groups excluding carboxylic acids is 1. The molecule has 5 atom stereocenters. The van der Waals surface area contributed by atoms with Crippen molar-refractivity contribution in [2.24, 2.45) is 23.2 Å². The van der Waals surface area contributed by atoms with E-state index in [2.05, 4.69) is 34.8 Å². The highest BCUT2D eigenvalue weighted by Crippen LogP contribution is 2.60. The van der Waals surface area contributed by atoms with Gasteiger partial charge in [-0.3, -0.25) is 0 Å². The van der Waals surface area contributed by atoms with Crippen molar-refractivity contribution >= 4 is 21.9 Å². The smallest absolute Gasteiger partial charge is 0.347 e. The summed E-state index contributed by atoms with van der Waals surface area (Å²) >= 11 is 3.60. The zero-order valence-corrected chi connectivity index (χ0v) is 18.6. The summed E-state index contributed by atoms with van der Waals surface area (Å²) in [6.45, 7) is 6.70. The van der Waals surface area contributed by atoms with Crippen molar-refractivity contribution in [3.8, 4) is 0 Å². The second-order valence-electron chi connectivity index (χ2n) is 8.95. The first-order chi connectivity index (χ1) is 12.8. The average Bonchev–Trinajstić information content (AvgIpc) is 3.14. The molecule has 1 heterocycles. The molecule has 0 amide bonds. The zero-order chi connectivity index (χ0) is 19.7. The van der Waals surface area contributed by atoms with Gasteiger partial charge < -0.3 is 14.2 Å². The Kier molecular flexibility index (Phi) is 6.54. The van der Waals surface area contributed by atoms with Crippen LogP contribution in [-0.4, -0.2) is 25.5 Å². The molecular weight excluding hydrogens is 408 g/mol. The minimum atomic E-state index is -1.02. The Morgan fingerprint density at radius 1 is 1.41 bits per heavy atom. The number of hydrogen-bond acceptors (Lipinski definition) is 4. The van der Waals surface area contributed by atoms with Crippen LogP contribution in [0.2, 0.25) is 0 Å². The fraction of sp³-hybridized carbons (Fsp3) is 0.773. The van der Waals surface area contributed by atoms with Gasteiger partial charge in [0.05, 0.1) is 0 Å². The van der Waals surface area contributed by atoms with E-state index in [-0.39, 0.29) is 12.8 Å². The van der Waals surface area contributed by atoms with E-state index < -0.39 is 5.60 Å². The third kappa shape index (κ3) is 4.06. The van der Waals surface area contributed by atoms with E-state index in [0.717, 1.165) is 30.4 Å². The highest BCUT2D eigenvalue weighted by Gasteiger charge is 2.50. The van der Waals surface area contributed by atoms with Gasteiger partial charge in [0.15, 0.2) is 5.60 Å². The molecule has 1 unspecified atom stereocenters. The van der Waals surface area contributed by atoms with Crippen LogP contribution in [0, 0.1) is 23.2 Å². The van der Waals surface area contributed by atoms with Crippen LogP contribution >= 0.6 is 15.9 Å². The molecule has 2 saturated carbocycles. The van der Waals surface area contributed by atoms with Crippen molar-refractivity contribution in [1.82, 2.24) is 0 Å². The molecular formula is C22H33BrO4. The number of cyclic esters (lactones) is 1. The molecule has 0 radical (unpaired) electrons. The lowest BCUT2D eigenvalue weighted by Gasteiger charge is -2.44. The molecule has 0 saturated heterocycles. The number of esters is 1. The van der Waals surface area contributed by atoms with E-state index in [4.69, 9.17) is 14.2 Å². The van der Waals surface area contributed by atoms with Crippen molar-refractivity contribution in [1.29, 1.82) is 0 Å². The normalized spacial score (nSPS) is 38.6. The van der Waals surface area contributed by atoms with Gasteiger partial charge in [0.1, 0.15) is 12.6 Å². The minimum absolute atomic E-state index is 0.0804. The van der Waals surface area contributed by atoms with Gasteiger partial charge in [-0.2, -0.15) is 0 Å². The number of halogens is 1. The van der Waals surface area contributed by atoms with Gasteiger partial charge in [-0.15, -0.1) is 0 Å². The van der Waals surface area contributed by atoms with Crippen molar-refractivity contribution in [3.63, 3.8) is 0 Å². The molecule has 0 aromatic heterocycles. The number of fused-ring (bicyclic) bond motifs is 1. The second-order valence-corrected chi connectivity index (χ2v) is 9.41. The SMILES string of the molecule is COCO[C@@]1(C)C=C(CC[C@@H](C)[C@H]2CCC3C(=CBr)CCC[C@@]32C)OC1=O. The maximum atomic E-state index is 12.2. The third-order valence-electron chi connectivity index (χ3n) is 7.25. The molecule has 0 aromatic rings. The van der Waals surface area contributed by atoms with Crippen molar-refractivity contribution in [2.45, 2.75) is 71.3 Å². The largest absolute Gasteiger partial charge is 0.429 e. The molecule has 2 aliphatic carbocycles. The van der Waals surface area contributed by atoms with E-state index in [9.17, 15) is 4.79 Å². The molecule has 4 nitrogen and oxygen atoms in total. The quantitative estimate of drug-likeness (QED) is 0.375.